The predicted molar refractivity (Wildman–Crippen MR) is 61.8 cm³/mol. The van der Waals surface area contributed by atoms with Crippen LogP contribution in [0.3, 0.4) is 0 Å². The van der Waals surface area contributed by atoms with E-state index in [2.05, 4.69) is 5.32 Å². The number of carbonyl (C=O) groups is 1. The lowest BCUT2D eigenvalue weighted by atomic mass is 10.1. The van der Waals surface area contributed by atoms with Crippen molar-refractivity contribution < 1.29 is 18.7 Å². The van der Waals surface area contributed by atoms with Gasteiger partial charge in [0.25, 0.3) is 0 Å². The molecule has 1 amide bonds. The van der Waals surface area contributed by atoms with E-state index in [0.717, 1.165) is 25.0 Å². The van der Waals surface area contributed by atoms with Crippen molar-refractivity contribution in [1.82, 2.24) is 5.32 Å². The van der Waals surface area contributed by atoms with Crippen LogP contribution in [-0.2, 0) is 11.2 Å². The summed E-state index contributed by atoms with van der Waals surface area (Å²) in [4.78, 5) is 11.5. The zero-order chi connectivity index (χ0) is 13.1. The van der Waals surface area contributed by atoms with Gasteiger partial charge in [-0.15, -0.1) is 0 Å². The van der Waals surface area contributed by atoms with Crippen LogP contribution in [0.1, 0.15) is 18.4 Å². The second kappa shape index (κ2) is 5.44. The van der Waals surface area contributed by atoms with Crippen LogP contribution >= 0.6 is 0 Å². The molecule has 1 saturated carbocycles. The molecule has 1 atom stereocenters. The molecular weight excluding hydrogens is 240 g/mol. The Balaban J connectivity index is 1.80. The van der Waals surface area contributed by atoms with Crippen LogP contribution in [0.2, 0.25) is 0 Å². The van der Waals surface area contributed by atoms with Gasteiger partial charge in [0.2, 0.25) is 5.91 Å². The maximum absolute atomic E-state index is 12.9. The summed E-state index contributed by atoms with van der Waals surface area (Å²) in [5, 5.41) is 12.1. The number of aliphatic hydroxyl groups is 1. The molecule has 3 nitrogen and oxygen atoms in total. The number of benzene rings is 1. The van der Waals surface area contributed by atoms with Gasteiger partial charge in [0.05, 0.1) is 12.5 Å². The summed E-state index contributed by atoms with van der Waals surface area (Å²) in [6.45, 7) is 0.215. The number of hydrogen-bond acceptors (Lipinski definition) is 2. The number of hydrogen-bond donors (Lipinski definition) is 2. The highest BCUT2D eigenvalue weighted by Gasteiger charge is 2.29. The van der Waals surface area contributed by atoms with E-state index in [0.29, 0.717) is 11.5 Å². The normalized spacial score (nSPS) is 16.4. The number of aliphatic hydroxyl groups excluding tert-OH is 1. The van der Waals surface area contributed by atoms with E-state index in [1.807, 2.05) is 0 Å². The van der Waals surface area contributed by atoms with Crippen LogP contribution in [0.25, 0.3) is 0 Å². The molecule has 1 aliphatic rings. The van der Waals surface area contributed by atoms with Crippen molar-refractivity contribution in [2.45, 2.75) is 25.4 Å². The summed E-state index contributed by atoms with van der Waals surface area (Å²) in [6, 6.07) is 3.37. The van der Waals surface area contributed by atoms with Crippen LogP contribution in [0, 0.1) is 17.6 Å². The minimum Gasteiger partial charge on any atom is -0.391 e. The average Bonchev–Trinajstić information content (AvgIpc) is 3.15. The summed E-state index contributed by atoms with van der Waals surface area (Å²) in [7, 11) is 0. The van der Waals surface area contributed by atoms with Crippen molar-refractivity contribution in [1.29, 1.82) is 0 Å². The number of amides is 1. The largest absolute Gasteiger partial charge is 0.391 e. The van der Waals surface area contributed by atoms with Gasteiger partial charge in [0, 0.05) is 6.54 Å². The zero-order valence-corrected chi connectivity index (χ0v) is 9.83. The van der Waals surface area contributed by atoms with Gasteiger partial charge >= 0.3 is 0 Å². The van der Waals surface area contributed by atoms with E-state index < -0.39 is 17.7 Å². The van der Waals surface area contributed by atoms with E-state index in [1.54, 1.807) is 0 Å². The fraction of sp³-hybridized carbons (Fsp3) is 0.462. The highest BCUT2D eigenvalue weighted by molar-refractivity contribution is 5.78. The maximum Gasteiger partial charge on any atom is 0.224 e. The third-order valence-corrected chi connectivity index (χ3v) is 3.02. The summed E-state index contributed by atoms with van der Waals surface area (Å²) < 4.78 is 25.6. The fourth-order valence-corrected chi connectivity index (χ4v) is 1.76. The molecule has 0 spiro atoms. The molecule has 0 bridgehead atoms. The Kier molecular flexibility index (Phi) is 3.91. The van der Waals surface area contributed by atoms with E-state index in [4.69, 9.17) is 0 Å². The summed E-state index contributed by atoms with van der Waals surface area (Å²) in [5.41, 5.74) is 0.410. The van der Waals surface area contributed by atoms with Crippen LogP contribution in [0.15, 0.2) is 18.2 Å². The van der Waals surface area contributed by atoms with Crippen molar-refractivity contribution in [3.05, 3.63) is 35.4 Å². The fourth-order valence-electron chi connectivity index (χ4n) is 1.76. The van der Waals surface area contributed by atoms with Crippen molar-refractivity contribution in [2.24, 2.45) is 5.92 Å². The molecule has 2 N–H and O–H groups in total. The van der Waals surface area contributed by atoms with Gasteiger partial charge in [-0.05, 0) is 36.5 Å². The van der Waals surface area contributed by atoms with E-state index >= 15 is 0 Å². The van der Waals surface area contributed by atoms with Gasteiger partial charge in [-0.1, -0.05) is 6.07 Å². The Bertz CT molecular complexity index is 447. The molecule has 0 heterocycles. The van der Waals surface area contributed by atoms with Crippen molar-refractivity contribution in [3.8, 4) is 0 Å². The van der Waals surface area contributed by atoms with Crippen molar-refractivity contribution >= 4 is 5.91 Å². The highest BCUT2D eigenvalue weighted by Crippen LogP contribution is 2.32. The van der Waals surface area contributed by atoms with E-state index in [9.17, 15) is 18.7 Å². The van der Waals surface area contributed by atoms with Crippen LogP contribution in [0.5, 0.6) is 0 Å². The number of nitrogens with one attached hydrogen (secondary N) is 1. The first-order chi connectivity index (χ1) is 8.56. The van der Waals surface area contributed by atoms with Crippen molar-refractivity contribution in [3.63, 3.8) is 0 Å². The Morgan fingerprint density at radius 2 is 2.11 bits per heavy atom. The minimum atomic E-state index is -0.960. The Labute approximate surface area is 104 Å². The topological polar surface area (TPSA) is 49.3 Å². The SMILES string of the molecule is O=C(Cc1ccc(F)c(F)c1)NCC(O)C1CC1. The van der Waals surface area contributed by atoms with Crippen LogP contribution < -0.4 is 5.32 Å². The molecule has 0 aromatic heterocycles. The lowest BCUT2D eigenvalue weighted by Gasteiger charge is -2.10. The second-order valence-corrected chi connectivity index (χ2v) is 4.63. The Morgan fingerprint density at radius 1 is 1.39 bits per heavy atom. The van der Waals surface area contributed by atoms with Gasteiger partial charge in [0.15, 0.2) is 11.6 Å². The molecule has 5 heteroatoms. The van der Waals surface area contributed by atoms with Gasteiger partial charge in [-0.25, -0.2) is 8.78 Å². The lowest BCUT2D eigenvalue weighted by molar-refractivity contribution is -0.120. The number of carbonyl (C=O) groups excluding carboxylic acids is 1. The lowest BCUT2D eigenvalue weighted by Crippen LogP contribution is -2.34. The molecule has 18 heavy (non-hydrogen) atoms. The van der Waals surface area contributed by atoms with Crippen molar-refractivity contribution in [2.75, 3.05) is 6.54 Å². The zero-order valence-electron chi connectivity index (χ0n) is 9.83. The minimum absolute atomic E-state index is 0.0193. The molecule has 1 unspecified atom stereocenters. The molecule has 0 aliphatic heterocycles. The van der Waals surface area contributed by atoms with E-state index in [1.165, 1.54) is 6.07 Å². The summed E-state index contributed by atoms with van der Waals surface area (Å²) in [6.07, 6.45) is 1.48. The molecule has 1 fully saturated rings. The second-order valence-electron chi connectivity index (χ2n) is 4.63. The maximum atomic E-state index is 12.9. The molecule has 0 saturated heterocycles. The molecule has 0 radical (unpaired) electrons. The monoisotopic (exact) mass is 255 g/mol. The Hall–Kier alpha value is -1.49. The average molecular weight is 255 g/mol. The van der Waals surface area contributed by atoms with E-state index in [-0.39, 0.29) is 18.9 Å². The van der Waals surface area contributed by atoms with Gasteiger partial charge < -0.3 is 10.4 Å². The first-order valence-corrected chi connectivity index (χ1v) is 5.95. The predicted octanol–water partition coefficient (Wildman–Crippen LogP) is 1.39. The summed E-state index contributed by atoms with van der Waals surface area (Å²) in [5.74, 6) is -1.89. The quantitative estimate of drug-likeness (QED) is 0.835. The van der Waals surface area contributed by atoms with Gasteiger partial charge in [-0.2, -0.15) is 0 Å². The Morgan fingerprint density at radius 3 is 2.72 bits per heavy atom. The van der Waals surface area contributed by atoms with Gasteiger partial charge in [-0.3, -0.25) is 4.79 Å². The number of rotatable bonds is 5. The summed E-state index contributed by atoms with van der Waals surface area (Å²) >= 11 is 0. The molecule has 98 valence electrons. The molecule has 1 aliphatic carbocycles. The number of halogens is 2. The third-order valence-electron chi connectivity index (χ3n) is 3.02. The first kappa shape index (κ1) is 13.0. The van der Waals surface area contributed by atoms with Crippen LogP contribution in [0.4, 0.5) is 8.78 Å². The van der Waals surface area contributed by atoms with Gasteiger partial charge in [0.1, 0.15) is 0 Å². The molecule has 2 rings (SSSR count). The highest BCUT2D eigenvalue weighted by atomic mass is 19.2. The first-order valence-electron chi connectivity index (χ1n) is 5.95. The molecule has 1 aromatic carbocycles. The molecular formula is C13H15F2NO2. The van der Waals surface area contributed by atoms with Crippen LogP contribution in [-0.4, -0.2) is 23.7 Å². The third kappa shape index (κ3) is 3.50. The molecule has 1 aromatic rings. The smallest absolute Gasteiger partial charge is 0.224 e. The standard InChI is InChI=1S/C13H15F2NO2/c14-10-4-1-8(5-11(10)15)6-13(18)16-7-12(17)9-2-3-9/h1,4-5,9,12,17H,2-3,6-7H2,(H,16,18).